The van der Waals surface area contributed by atoms with E-state index in [1.54, 1.807) is 12.1 Å². The van der Waals surface area contributed by atoms with Crippen molar-refractivity contribution < 1.29 is 9.31 Å². The van der Waals surface area contributed by atoms with E-state index in [0.717, 1.165) is 0 Å². The third-order valence-corrected chi connectivity index (χ3v) is 3.46. The first-order valence-corrected chi connectivity index (χ1v) is 6.76. The minimum absolute atomic E-state index is 0.0144. The molecule has 0 saturated heterocycles. The molecule has 0 aliphatic carbocycles. The average molecular weight is 360 g/mol. The normalized spacial score (nSPS) is 10.3. The summed E-state index contributed by atoms with van der Waals surface area (Å²) in [5.41, 5.74) is 0.863. The molecular formula is C13H9BrClFN2O2. The topological polar surface area (TPSA) is 55.2 Å². The summed E-state index contributed by atoms with van der Waals surface area (Å²) in [5, 5.41) is 14.2. The molecule has 0 saturated carbocycles. The molecule has 0 amide bonds. The van der Waals surface area contributed by atoms with Gasteiger partial charge in [0, 0.05) is 22.6 Å². The number of nitro benzene ring substituents is 1. The molecule has 0 unspecified atom stereocenters. The number of nitrogens with one attached hydrogen (secondary N) is 1. The Hall–Kier alpha value is -1.66. The van der Waals surface area contributed by atoms with Crippen molar-refractivity contribution in [3.05, 3.63) is 67.4 Å². The molecule has 0 fully saturated rings. The Bertz CT molecular complexity index is 667. The fourth-order valence-electron chi connectivity index (χ4n) is 1.68. The molecule has 0 bridgehead atoms. The molecule has 4 nitrogen and oxygen atoms in total. The number of rotatable bonds is 4. The predicted molar refractivity (Wildman–Crippen MR) is 79.5 cm³/mol. The molecule has 1 N–H and O–H groups in total. The largest absolute Gasteiger partial charge is 0.379 e. The van der Waals surface area contributed by atoms with E-state index >= 15 is 0 Å². The van der Waals surface area contributed by atoms with Crippen LogP contribution in [0.3, 0.4) is 0 Å². The van der Waals surface area contributed by atoms with E-state index < -0.39 is 10.7 Å². The maximum atomic E-state index is 13.1. The summed E-state index contributed by atoms with van der Waals surface area (Å²) in [4.78, 5) is 10.5. The smallest absolute Gasteiger partial charge is 0.275 e. The van der Waals surface area contributed by atoms with Gasteiger partial charge in [0.15, 0.2) is 0 Å². The first-order valence-electron chi connectivity index (χ1n) is 5.59. The lowest BCUT2D eigenvalue weighted by atomic mass is 10.1. The standard InChI is InChI=1S/C13H9BrClFN2O2/c14-9-2-1-8(13(5-9)18(19)20)7-17-12-6-10(16)3-4-11(12)15/h1-6,17H,7H2. The lowest BCUT2D eigenvalue weighted by Crippen LogP contribution is -2.03. The highest BCUT2D eigenvalue weighted by molar-refractivity contribution is 9.10. The van der Waals surface area contributed by atoms with Gasteiger partial charge in [-0.05, 0) is 30.3 Å². The quantitative estimate of drug-likeness (QED) is 0.632. The molecular weight excluding hydrogens is 351 g/mol. The minimum atomic E-state index is -0.463. The molecule has 0 radical (unpaired) electrons. The zero-order valence-corrected chi connectivity index (χ0v) is 12.4. The molecule has 0 atom stereocenters. The van der Waals surface area contributed by atoms with E-state index in [1.165, 1.54) is 24.3 Å². The van der Waals surface area contributed by atoms with Crippen molar-refractivity contribution in [1.82, 2.24) is 0 Å². The number of nitrogens with zero attached hydrogens (tertiary/aromatic N) is 1. The van der Waals surface area contributed by atoms with E-state index in [4.69, 9.17) is 11.6 Å². The summed E-state index contributed by atoms with van der Waals surface area (Å²) in [6.45, 7) is 0.173. The molecule has 2 aromatic carbocycles. The van der Waals surface area contributed by atoms with E-state index in [-0.39, 0.29) is 12.2 Å². The third-order valence-electron chi connectivity index (χ3n) is 2.64. The summed E-state index contributed by atoms with van der Waals surface area (Å²) in [5.74, 6) is -0.429. The van der Waals surface area contributed by atoms with Crippen LogP contribution in [0.4, 0.5) is 15.8 Å². The Kier molecular flexibility index (Phi) is 4.57. The van der Waals surface area contributed by atoms with Crippen LogP contribution < -0.4 is 5.32 Å². The molecule has 0 aromatic heterocycles. The monoisotopic (exact) mass is 358 g/mol. The number of anilines is 1. The van der Waals surface area contributed by atoms with Gasteiger partial charge in [-0.15, -0.1) is 0 Å². The Morgan fingerprint density at radius 1 is 1.30 bits per heavy atom. The molecule has 104 valence electrons. The number of nitro groups is 1. The van der Waals surface area contributed by atoms with Crippen LogP contribution in [0.15, 0.2) is 40.9 Å². The van der Waals surface area contributed by atoms with Crippen molar-refractivity contribution in [1.29, 1.82) is 0 Å². The van der Waals surface area contributed by atoms with Crippen LogP contribution in [-0.2, 0) is 6.54 Å². The molecule has 0 aliphatic heterocycles. The van der Waals surface area contributed by atoms with E-state index in [0.29, 0.717) is 20.7 Å². The number of hydrogen-bond acceptors (Lipinski definition) is 3. The van der Waals surface area contributed by atoms with Crippen molar-refractivity contribution in [2.45, 2.75) is 6.54 Å². The van der Waals surface area contributed by atoms with Crippen LogP contribution in [0, 0.1) is 15.9 Å². The molecule has 2 rings (SSSR count). The highest BCUT2D eigenvalue weighted by Gasteiger charge is 2.14. The SMILES string of the molecule is O=[N+]([O-])c1cc(Br)ccc1CNc1cc(F)ccc1Cl. The fourth-order valence-corrected chi connectivity index (χ4v) is 2.21. The number of halogens is 3. The second kappa shape index (κ2) is 6.19. The Labute approximate surface area is 127 Å². The highest BCUT2D eigenvalue weighted by Crippen LogP contribution is 2.27. The van der Waals surface area contributed by atoms with Crippen molar-refractivity contribution in [2.24, 2.45) is 0 Å². The number of hydrogen-bond donors (Lipinski definition) is 1. The average Bonchev–Trinajstić information content (AvgIpc) is 2.40. The molecule has 2 aromatic rings. The molecule has 7 heteroatoms. The van der Waals surface area contributed by atoms with Gasteiger partial charge in [-0.2, -0.15) is 0 Å². The highest BCUT2D eigenvalue weighted by atomic mass is 79.9. The van der Waals surface area contributed by atoms with Crippen LogP contribution in [0.25, 0.3) is 0 Å². The maximum absolute atomic E-state index is 13.1. The van der Waals surface area contributed by atoms with E-state index in [9.17, 15) is 14.5 Å². The van der Waals surface area contributed by atoms with Crippen molar-refractivity contribution >= 4 is 38.9 Å². The van der Waals surface area contributed by atoms with Crippen LogP contribution in [0.1, 0.15) is 5.56 Å². The Balaban J connectivity index is 2.23. The molecule has 0 heterocycles. The van der Waals surface area contributed by atoms with Gasteiger partial charge in [0.1, 0.15) is 5.82 Å². The zero-order valence-electron chi connectivity index (χ0n) is 10.1. The summed E-state index contributed by atoms with van der Waals surface area (Å²) in [6, 6.07) is 8.67. The first kappa shape index (κ1) is 14.7. The minimum Gasteiger partial charge on any atom is -0.379 e. The summed E-state index contributed by atoms with van der Waals surface area (Å²) in [7, 11) is 0. The molecule has 20 heavy (non-hydrogen) atoms. The summed E-state index contributed by atoms with van der Waals surface area (Å²) in [6.07, 6.45) is 0. The van der Waals surface area contributed by atoms with Gasteiger partial charge in [-0.3, -0.25) is 10.1 Å². The summed E-state index contributed by atoms with van der Waals surface area (Å²) < 4.78 is 13.7. The van der Waals surface area contributed by atoms with E-state index in [1.807, 2.05) is 0 Å². The van der Waals surface area contributed by atoms with Gasteiger partial charge >= 0.3 is 0 Å². The van der Waals surface area contributed by atoms with Crippen molar-refractivity contribution in [3.63, 3.8) is 0 Å². The van der Waals surface area contributed by atoms with Crippen LogP contribution in [0.2, 0.25) is 5.02 Å². The second-order valence-electron chi connectivity index (χ2n) is 4.01. The number of benzene rings is 2. The first-order chi connectivity index (χ1) is 9.47. The molecule has 0 spiro atoms. The fraction of sp³-hybridized carbons (Fsp3) is 0.0769. The second-order valence-corrected chi connectivity index (χ2v) is 5.33. The predicted octanol–water partition coefficient (Wildman–Crippen LogP) is 4.76. The summed E-state index contributed by atoms with van der Waals surface area (Å²) >= 11 is 9.11. The lowest BCUT2D eigenvalue weighted by Gasteiger charge is -2.09. The van der Waals surface area contributed by atoms with Gasteiger partial charge in [0.2, 0.25) is 0 Å². The van der Waals surface area contributed by atoms with Crippen molar-refractivity contribution in [3.8, 4) is 0 Å². The van der Waals surface area contributed by atoms with Gasteiger partial charge in [0.05, 0.1) is 15.6 Å². The van der Waals surface area contributed by atoms with Gasteiger partial charge in [0.25, 0.3) is 5.69 Å². The van der Waals surface area contributed by atoms with Gasteiger partial charge in [-0.1, -0.05) is 27.5 Å². The van der Waals surface area contributed by atoms with Crippen LogP contribution in [-0.4, -0.2) is 4.92 Å². The maximum Gasteiger partial charge on any atom is 0.275 e. The van der Waals surface area contributed by atoms with Gasteiger partial charge < -0.3 is 5.32 Å². The third kappa shape index (κ3) is 3.46. The van der Waals surface area contributed by atoms with Gasteiger partial charge in [-0.25, -0.2) is 4.39 Å². The van der Waals surface area contributed by atoms with Crippen LogP contribution in [0.5, 0.6) is 0 Å². The molecule has 0 aliphatic rings. The Morgan fingerprint density at radius 3 is 2.75 bits per heavy atom. The van der Waals surface area contributed by atoms with E-state index in [2.05, 4.69) is 21.2 Å². The lowest BCUT2D eigenvalue weighted by molar-refractivity contribution is -0.385. The Morgan fingerprint density at radius 2 is 2.05 bits per heavy atom. The zero-order chi connectivity index (χ0) is 14.7. The van der Waals surface area contributed by atoms with Crippen molar-refractivity contribution in [2.75, 3.05) is 5.32 Å². The van der Waals surface area contributed by atoms with Crippen LogP contribution >= 0.6 is 27.5 Å².